The van der Waals surface area contributed by atoms with Crippen molar-refractivity contribution in [2.75, 3.05) is 6.54 Å². The van der Waals surface area contributed by atoms with Gasteiger partial charge in [0.2, 0.25) is 5.95 Å². The van der Waals surface area contributed by atoms with Crippen LogP contribution < -0.4 is 5.32 Å². The lowest BCUT2D eigenvalue weighted by Crippen LogP contribution is -2.32. The minimum Gasteiger partial charge on any atom is -0.352 e. The Morgan fingerprint density at radius 3 is 3.00 bits per heavy atom. The molecule has 1 aliphatic carbocycles. The third-order valence-electron chi connectivity index (χ3n) is 3.69. The summed E-state index contributed by atoms with van der Waals surface area (Å²) in [5, 5.41) is 2.68. The Labute approximate surface area is 111 Å². The standard InChI is InChI=1S/C14H18F2N2O/c1-9-3-2-4-10(7-9)8-18-14(19)11-5-6-17-13(16)12(11)15/h5-6,9-10H,2-4,7-8H2,1H3,(H,18,19). The van der Waals surface area contributed by atoms with Crippen LogP contribution in [0.2, 0.25) is 0 Å². The van der Waals surface area contributed by atoms with Crippen molar-refractivity contribution in [2.45, 2.75) is 32.6 Å². The molecule has 1 aliphatic rings. The van der Waals surface area contributed by atoms with E-state index in [-0.39, 0.29) is 5.56 Å². The molecule has 1 N–H and O–H groups in total. The van der Waals surface area contributed by atoms with Crippen LogP contribution in [0, 0.1) is 23.6 Å². The zero-order valence-corrected chi connectivity index (χ0v) is 11.0. The van der Waals surface area contributed by atoms with Gasteiger partial charge in [0.1, 0.15) is 0 Å². The van der Waals surface area contributed by atoms with Gasteiger partial charge in [-0.25, -0.2) is 9.37 Å². The van der Waals surface area contributed by atoms with E-state index in [4.69, 9.17) is 0 Å². The van der Waals surface area contributed by atoms with Crippen molar-refractivity contribution in [2.24, 2.45) is 11.8 Å². The number of hydrogen-bond acceptors (Lipinski definition) is 2. The smallest absolute Gasteiger partial charge is 0.254 e. The number of aromatic nitrogens is 1. The predicted molar refractivity (Wildman–Crippen MR) is 67.6 cm³/mol. The summed E-state index contributed by atoms with van der Waals surface area (Å²) in [6.07, 6.45) is 5.65. The van der Waals surface area contributed by atoms with Crippen LogP contribution in [0.15, 0.2) is 12.3 Å². The van der Waals surface area contributed by atoms with Crippen LogP contribution in [0.25, 0.3) is 0 Å². The number of amides is 1. The van der Waals surface area contributed by atoms with E-state index in [2.05, 4.69) is 17.2 Å². The van der Waals surface area contributed by atoms with Gasteiger partial charge in [0.25, 0.3) is 5.91 Å². The fraction of sp³-hybridized carbons (Fsp3) is 0.571. The fourth-order valence-corrected chi connectivity index (χ4v) is 2.67. The highest BCUT2D eigenvalue weighted by Crippen LogP contribution is 2.27. The van der Waals surface area contributed by atoms with Crippen LogP contribution in [0.4, 0.5) is 8.78 Å². The Morgan fingerprint density at radius 2 is 2.26 bits per heavy atom. The number of nitrogens with zero attached hydrogens (tertiary/aromatic N) is 1. The molecule has 1 heterocycles. The Kier molecular flexibility index (Phi) is 4.45. The van der Waals surface area contributed by atoms with Crippen LogP contribution >= 0.6 is 0 Å². The number of rotatable bonds is 3. The molecular formula is C14H18F2N2O. The molecule has 0 bridgehead atoms. The summed E-state index contributed by atoms with van der Waals surface area (Å²) in [7, 11) is 0. The minimum atomic E-state index is -1.24. The lowest BCUT2D eigenvalue weighted by Gasteiger charge is -2.26. The maximum atomic E-state index is 13.4. The highest BCUT2D eigenvalue weighted by atomic mass is 19.2. The van der Waals surface area contributed by atoms with Gasteiger partial charge in [-0.05, 0) is 30.7 Å². The van der Waals surface area contributed by atoms with E-state index < -0.39 is 17.7 Å². The first-order valence-electron chi connectivity index (χ1n) is 6.66. The van der Waals surface area contributed by atoms with Crippen molar-refractivity contribution in [1.29, 1.82) is 0 Å². The van der Waals surface area contributed by atoms with Gasteiger partial charge in [-0.1, -0.05) is 19.8 Å². The van der Waals surface area contributed by atoms with Gasteiger partial charge in [0, 0.05) is 12.7 Å². The maximum absolute atomic E-state index is 13.4. The molecule has 0 aromatic carbocycles. The lowest BCUT2D eigenvalue weighted by molar-refractivity contribution is 0.0935. The van der Waals surface area contributed by atoms with E-state index in [1.54, 1.807) is 0 Å². The van der Waals surface area contributed by atoms with Gasteiger partial charge in [0.15, 0.2) is 5.82 Å². The molecule has 2 unspecified atom stereocenters. The Balaban J connectivity index is 1.92. The van der Waals surface area contributed by atoms with Crippen LogP contribution in [-0.4, -0.2) is 17.4 Å². The summed E-state index contributed by atoms with van der Waals surface area (Å²) >= 11 is 0. The first-order valence-corrected chi connectivity index (χ1v) is 6.66. The van der Waals surface area contributed by atoms with Crippen molar-refractivity contribution < 1.29 is 13.6 Å². The summed E-state index contributed by atoms with van der Waals surface area (Å²) in [5.74, 6) is -1.89. The second kappa shape index (κ2) is 6.08. The van der Waals surface area contributed by atoms with Crippen molar-refractivity contribution in [3.05, 3.63) is 29.6 Å². The monoisotopic (exact) mass is 268 g/mol. The van der Waals surface area contributed by atoms with Crippen molar-refractivity contribution in [3.8, 4) is 0 Å². The molecule has 0 radical (unpaired) electrons. The highest BCUT2D eigenvalue weighted by molar-refractivity contribution is 5.94. The number of nitrogens with one attached hydrogen (secondary N) is 1. The Bertz CT molecular complexity index is 465. The van der Waals surface area contributed by atoms with Crippen LogP contribution in [0.1, 0.15) is 43.0 Å². The first kappa shape index (κ1) is 13.9. The number of carbonyl (C=O) groups excluding carboxylic acids is 1. The molecule has 0 aliphatic heterocycles. The van der Waals surface area contributed by atoms with Gasteiger partial charge in [-0.3, -0.25) is 4.79 Å². The highest BCUT2D eigenvalue weighted by Gasteiger charge is 2.21. The molecule has 1 fully saturated rings. The normalized spacial score (nSPS) is 23.1. The summed E-state index contributed by atoms with van der Waals surface area (Å²) in [6, 6.07) is 1.19. The van der Waals surface area contributed by atoms with Gasteiger partial charge < -0.3 is 5.32 Å². The molecule has 2 rings (SSSR count). The Morgan fingerprint density at radius 1 is 1.47 bits per heavy atom. The molecule has 0 spiro atoms. The number of hydrogen-bond donors (Lipinski definition) is 1. The zero-order chi connectivity index (χ0) is 13.8. The molecule has 1 amide bonds. The fourth-order valence-electron chi connectivity index (χ4n) is 2.67. The summed E-state index contributed by atoms with van der Waals surface area (Å²) in [4.78, 5) is 15.0. The van der Waals surface area contributed by atoms with Gasteiger partial charge in [0.05, 0.1) is 5.56 Å². The average molecular weight is 268 g/mol. The number of carbonyl (C=O) groups is 1. The first-order chi connectivity index (χ1) is 9.08. The third kappa shape index (κ3) is 3.49. The van der Waals surface area contributed by atoms with Crippen LogP contribution in [-0.2, 0) is 0 Å². The predicted octanol–water partition coefficient (Wildman–Crippen LogP) is 2.92. The quantitative estimate of drug-likeness (QED) is 0.856. The Hall–Kier alpha value is -1.52. The largest absolute Gasteiger partial charge is 0.352 e. The molecule has 0 saturated heterocycles. The number of halogens is 2. The SMILES string of the molecule is CC1CCCC(CNC(=O)c2ccnc(F)c2F)C1. The topological polar surface area (TPSA) is 42.0 Å². The van der Waals surface area contributed by atoms with E-state index in [1.807, 2.05) is 0 Å². The van der Waals surface area contributed by atoms with Crippen molar-refractivity contribution in [1.82, 2.24) is 10.3 Å². The van der Waals surface area contributed by atoms with E-state index in [9.17, 15) is 13.6 Å². The van der Waals surface area contributed by atoms with E-state index in [1.165, 1.54) is 18.9 Å². The van der Waals surface area contributed by atoms with Crippen LogP contribution in [0.3, 0.4) is 0 Å². The molecule has 19 heavy (non-hydrogen) atoms. The lowest BCUT2D eigenvalue weighted by atomic mass is 9.82. The van der Waals surface area contributed by atoms with Gasteiger partial charge >= 0.3 is 0 Å². The summed E-state index contributed by atoms with van der Waals surface area (Å²) < 4.78 is 26.3. The molecule has 1 aromatic heterocycles. The molecular weight excluding hydrogens is 250 g/mol. The minimum absolute atomic E-state index is 0.281. The van der Waals surface area contributed by atoms with Crippen molar-refractivity contribution >= 4 is 5.91 Å². The second-order valence-electron chi connectivity index (χ2n) is 5.31. The molecule has 1 aromatic rings. The van der Waals surface area contributed by atoms with Gasteiger partial charge in [-0.2, -0.15) is 4.39 Å². The van der Waals surface area contributed by atoms with Crippen molar-refractivity contribution in [3.63, 3.8) is 0 Å². The second-order valence-corrected chi connectivity index (χ2v) is 5.31. The van der Waals surface area contributed by atoms with E-state index in [0.717, 1.165) is 19.0 Å². The molecule has 1 saturated carbocycles. The average Bonchev–Trinajstić information content (AvgIpc) is 2.39. The molecule has 104 valence electrons. The van der Waals surface area contributed by atoms with Crippen LogP contribution in [0.5, 0.6) is 0 Å². The molecule has 2 atom stereocenters. The molecule has 3 nitrogen and oxygen atoms in total. The summed E-state index contributed by atoms with van der Waals surface area (Å²) in [5.41, 5.74) is -0.281. The summed E-state index contributed by atoms with van der Waals surface area (Å²) in [6.45, 7) is 2.72. The third-order valence-corrected chi connectivity index (χ3v) is 3.69. The molecule has 5 heteroatoms. The van der Waals surface area contributed by atoms with E-state index in [0.29, 0.717) is 18.4 Å². The zero-order valence-electron chi connectivity index (χ0n) is 11.0. The van der Waals surface area contributed by atoms with Gasteiger partial charge in [-0.15, -0.1) is 0 Å². The maximum Gasteiger partial charge on any atom is 0.254 e. The van der Waals surface area contributed by atoms with E-state index >= 15 is 0 Å². The number of pyridine rings is 1.